The molecular formula is C13H17N3. The van der Waals surface area contributed by atoms with E-state index in [2.05, 4.69) is 46.5 Å². The Bertz CT molecular complexity index is 421. The molecule has 2 rings (SSSR count). The Morgan fingerprint density at radius 2 is 2.31 bits per heavy atom. The van der Waals surface area contributed by atoms with Crippen molar-refractivity contribution >= 4 is 0 Å². The minimum absolute atomic E-state index is 0.926. The van der Waals surface area contributed by atoms with Gasteiger partial charge in [0.15, 0.2) is 0 Å². The smallest absolute Gasteiger partial charge is 0.0921 e. The monoisotopic (exact) mass is 215 g/mol. The number of hydrogen-bond acceptors (Lipinski definition) is 2. The van der Waals surface area contributed by atoms with Crippen LogP contribution >= 0.6 is 0 Å². The summed E-state index contributed by atoms with van der Waals surface area (Å²) in [4.78, 5) is 7.08. The summed E-state index contributed by atoms with van der Waals surface area (Å²) in [5.41, 5.74) is 3.83. The van der Waals surface area contributed by atoms with Crippen molar-refractivity contribution in [2.45, 2.75) is 19.9 Å². The minimum atomic E-state index is 0.926. The zero-order chi connectivity index (χ0) is 11.2. The number of benzene rings is 1. The van der Waals surface area contributed by atoms with Crippen LogP contribution in [0, 0.1) is 6.92 Å². The van der Waals surface area contributed by atoms with E-state index in [0.29, 0.717) is 0 Å². The molecule has 0 atom stereocenters. The molecular weight excluding hydrogens is 198 g/mol. The number of imidazole rings is 1. The van der Waals surface area contributed by atoms with Gasteiger partial charge in [-0.2, -0.15) is 0 Å². The summed E-state index contributed by atoms with van der Waals surface area (Å²) in [5.74, 6) is 0. The van der Waals surface area contributed by atoms with Gasteiger partial charge >= 0.3 is 0 Å². The average Bonchev–Trinajstić information content (AvgIpc) is 2.77. The van der Waals surface area contributed by atoms with Gasteiger partial charge in [0.1, 0.15) is 0 Å². The Hall–Kier alpha value is -1.61. The Kier molecular flexibility index (Phi) is 3.72. The number of nitrogens with one attached hydrogen (secondary N) is 2. The zero-order valence-corrected chi connectivity index (χ0v) is 9.53. The van der Waals surface area contributed by atoms with Crippen LogP contribution in [-0.4, -0.2) is 16.5 Å². The van der Waals surface area contributed by atoms with Crippen molar-refractivity contribution in [3.8, 4) is 0 Å². The molecule has 16 heavy (non-hydrogen) atoms. The van der Waals surface area contributed by atoms with Gasteiger partial charge < -0.3 is 10.3 Å². The second-order valence-electron chi connectivity index (χ2n) is 3.99. The van der Waals surface area contributed by atoms with E-state index >= 15 is 0 Å². The molecule has 0 unspecified atom stereocenters. The van der Waals surface area contributed by atoms with Crippen molar-refractivity contribution < 1.29 is 0 Å². The molecule has 2 aromatic rings. The van der Waals surface area contributed by atoms with Crippen molar-refractivity contribution in [2.24, 2.45) is 0 Å². The molecule has 0 aliphatic heterocycles. The molecule has 0 bridgehead atoms. The first-order valence-corrected chi connectivity index (χ1v) is 5.58. The summed E-state index contributed by atoms with van der Waals surface area (Å²) >= 11 is 0. The van der Waals surface area contributed by atoms with Gasteiger partial charge in [0, 0.05) is 31.4 Å². The third-order valence-electron chi connectivity index (χ3n) is 2.54. The number of aryl methyl sites for hydroxylation is 1. The first kappa shape index (κ1) is 10.9. The van der Waals surface area contributed by atoms with E-state index in [0.717, 1.165) is 19.5 Å². The van der Waals surface area contributed by atoms with Gasteiger partial charge in [-0.05, 0) is 12.5 Å². The summed E-state index contributed by atoms with van der Waals surface area (Å²) < 4.78 is 0. The molecule has 1 aromatic heterocycles. The molecule has 1 heterocycles. The Balaban J connectivity index is 1.72. The third kappa shape index (κ3) is 3.21. The second kappa shape index (κ2) is 5.47. The van der Waals surface area contributed by atoms with E-state index in [9.17, 15) is 0 Å². The lowest BCUT2D eigenvalue weighted by Gasteiger charge is -2.04. The van der Waals surface area contributed by atoms with E-state index in [1.807, 2.05) is 6.20 Å². The van der Waals surface area contributed by atoms with Crippen LogP contribution in [0.3, 0.4) is 0 Å². The lowest BCUT2D eigenvalue weighted by molar-refractivity contribution is 0.681. The quantitative estimate of drug-likeness (QED) is 0.749. The summed E-state index contributed by atoms with van der Waals surface area (Å²) in [6.07, 6.45) is 4.58. The Morgan fingerprint density at radius 1 is 1.38 bits per heavy atom. The van der Waals surface area contributed by atoms with Crippen LogP contribution in [0.4, 0.5) is 0 Å². The Labute approximate surface area is 95.9 Å². The van der Waals surface area contributed by atoms with Crippen LogP contribution < -0.4 is 5.32 Å². The fraction of sp³-hybridized carbons (Fsp3) is 0.308. The maximum atomic E-state index is 3.99. The van der Waals surface area contributed by atoms with Gasteiger partial charge in [0.25, 0.3) is 0 Å². The SMILES string of the molecule is Cc1cccc(CNCCc2cnc[nH]2)c1. The van der Waals surface area contributed by atoms with Crippen molar-refractivity contribution in [1.82, 2.24) is 15.3 Å². The number of rotatable bonds is 5. The Morgan fingerprint density at radius 3 is 3.06 bits per heavy atom. The fourth-order valence-corrected chi connectivity index (χ4v) is 1.70. The molecule has 0 aliphatic rings. The molecule has 0 amide bonds. The number of aromatic amines is 1. The zero-order valence-electron chi connectivity index (χ0n) is 9.53. The van der Waals surface area contributed by atoms with E-state index in [1.165, 1.54) is 16.8 Å². The van der Waals surface area contributed by atoms with Gasteiger partial charge in [-0.3, -0.25) is 0 Å². The van der Waals surface area contributed by atoms with Crippen LogP contribution in [0.1, 0.15) is 16.8 Å². The predicted octanol–water partition coefficient (Wildman–Crippen LogP) is 2.05. The maximum Gasteiger partial charge on any atom is 0.0921 e. The summed E-state index contributed by atoms with van der Waals surface area (Å²) in [6, 6.07) is 8.58. The van der Waals surface area contributed by atoms with E-state index in [1.54, 1.807) is 6.33 Å². The third-order valence-corrected chi connectivity index (χ3v) is 2.54. The number of H-pyrrole nitrogens is 1. The van der Waals surface area contributed by atoms with Gasteiger partial charge in [0.2, 0.25) is 0 Å². The van der Waals surface area contributed by atoms with Crippen LogP contribution in [-0.2, 0) is 13.0 Å². The standard InChI is InChI=1S/C13H17N3/c1-11-3-2-4-12(7-11)8-14-6-5-13-9-15-10-16-13/h2-4,7,9-10,14H,5-6,8H2,1H3,(H,15,16). The second-order valence-corrected chi connectivity index (χ2v) is 3.99. The van der Waals surface area contributed by atoms with E-state index < -0.39 is 0 Å². The largest absolute Gasteiger partial charge is 0.348 e. The molecule has 0 fully saturated rings. The normalized spacial score (nSPS) is 10.6. The van der Waals surface area contributed by atoms with Gasteiger partial charge in [0.05, 0.1) is 6.33 Å². The molecule has 2 N–H and O–H groups in total. The van der Waals surface area contributed by atoms with Crippen LogP contribution in [0.5, 0.6) is 0 Å². The first-order valence-electron chi connectivity index (χ1n) is 5.58. The summed E-state index contributed by atoms with van der Waals surface area (Å²) in [6.45, 7) is 4.01. The van der Waals surface area contributed by atoms with Crippen LogP contribution in [0.25, 0.3) is 0 Å². The summed E-state index contributed by atoms with van der Waals surface area (Å²) in [5, 5.41) is 3.42. The molecule has 1 aromatic carbocycles. The van der Waals surface area contributed by atoms with Crippen molar-refractivity contribution in [3.05, 3.63) is 53.6 Å². The van der Waals surface area contributed by atoms with Crippen molar-refractivity contribution in [1.29, 1.82) is 0 Å². The highest BCUT2D eigenvalue weighted by Crippen LogP contribution is 2.03. The minimum Gasteiger partial charge on any atom is -0.348 e. The van der Waals surface area contributed by atoms with Gasteiger partial charge in [-0.1, -0.05) is 29.8 Å². The molecule has 3 nitrogen and oxygen atoms in total. The molecule has 0 saturated heterocycles. The van der Waals surface area contributed by atoms with Crippen LogP contribution in [0.2, 0.25) is 0 Å². The highest BCUT2D eigenvalue weighted by atomic mass is 14.9. The number of aromatic nitrogens is 2. The highest BCUT2D eigenvalue weighted by Gasteiger charge is 1.95. The first-order chi connectivity index (χ1) is 7.84. The topological polar surface area (TPSA) is 40.7 Å². The van der Waals surface area contributed by atoms with Gasteiger partial charge in [-0.25, -0.2) is 4.98 Å². The number of hydrogen-bond donors (Lipinski definition) is 2. The molecule has 0 spiro atoms. The van der Waals surface area contributed by atoms with E-state index in [4.69, 9.17) is 0 Å². The summed E-state index contributed by atoms with van der Waals surface area (Å²) in [7, 11) is 0. The fourth-order valence-electron chi connectivity index (χ4n) is 1.70. The van der Waals surface area contributed by atoms with E-state index in [-0.39, 0.29) is 0 Å². The predicted molar refractivity (Wildman–Crippen MR) is 65.2 cm³/mol. The van der Waals surface area contributed by atoms with Crippen molar-refractivity contribution in [3.63, 3.8) is 0 Å². The molecule has 0 saturated carbocycles. The molecule has 0 aliphatic carbocycles. The lowest BCUT2D eigenvalue weighted by Crippen LogP contribution is -2.16. The van der Waals surface area contributed by atoms with Crippen molar-refractivity contribution in [2.75, 3.05) is 6.54 Å². The molecule has 3 heteroatoms. The van der Waals surface area contributed by atoms with Crippen LogP contribution in [0.15, 0.2) is 36.8 Å². The molecule has 0 radical (unpaired) electrons. The maximum absolute atomic E-state index is 3.99. The molecule has 84 valence electrons. The average molecular weight is 215 g/mol. The highest BCUT2D eigenvalue weighted by molar-refractivity contribution is 5.21. The van der Waals surface area contributed by atoms with Gasteiger partial charge in [-0.15, -0.1) is 0 Å². The lowest BCUT2D eigenvalue weighted by atomic mass is 10.1. The number of nitrogens with zero attached hydrogens (tertiary/aromatic N) is 1.